The van der Waals surface area contributed by atoms with Crippen LogP contribution in [-0.2, 0) is 16.2 Å². The van der Waals surface area contributed by atoms with Gasteiger partial charge < -0.3 is 15.4 Å². The monoisotopic (exact) mass is 603 g/mol. The van der Waals surface area contributed by atoms with E-state index in [2.05, 4.69) is 26.6 Å². The van der Waals surface area contributed by atoms with Crippen molar-refractivity contribution < 1.29 is 19.1 Å². The molecule has 0 bridgehead atoms. The molecule has 1 saturated heterocycles. The lowest BCUT2D eigenvalue weighted by atomic mass is 10.1. The fraction of sp³-hybridized carbons (Fsp3) is 0.100. The van der Waals surface area contributed by atoms with Gasteiger partial charge in [-0.15, -0.1) is 0 Å². The Bertz CT molecular complexity index is 1620. The minimum Gasteiger partial charge on any atom is -0.486 e. The van der Waals surface area contributed by atoms with Crippen LogP contribution in [0.5, 0.6) is 5.75 Å². The molecule has 1 heterocycles. The Morgan fingerprint density at radius 1 is 1.05 bits per heavy atom. The summed E-state index contributed by atoms with van der Waals surface area (Å²) in [6, 6.07) is 24.0. The second-order valence-corrected chi connectivity index (χ2v) is 10.3. The largest absolute Gasteiger partial charge is 0.486 e. The first kappa shape index (κ1) is 26.5. The molecule has 5 rings (SSSR count). The minimum atomic E-state index is -0.675. The van der Waals surface area contributed by atoms with Crippen LogP contribution < -0.4 is 15.4 Å². The van der Waals surface area contributed by atoms with Crippen molar-refractivity contribution in [3.05, 3.63) is 111 Å². The number of imide groups is 1. The molecule has 4 aromatic carbocycles. The number of urea groups is 1. The SMILES string of the molecule is Cc1cccc(NC(=O)CN2C(=O)N/C(=C/c3cc(Cl)c(OCc4cccc5ccccc45)c(Br)c3)C2=O)c1. The van der Waals surface area contributed by atoms with Gasteiger partial charge in [0.1, 0.15) is 18.8 Å². The average Bonchev–Trinajstić information content (AvgIpc) is 3.15. The van der Waals surface area contributed by atoms with E-state index in [-0.39, 0.29) is 5.70 Å². The maximum atomic E-state index is 12.9. The number of anilines is 1. The van der Waals surface area contributed by atoms with Crippen LogP contribution >= 0.6 is 27.5 Å². The van der Waals surface area contributed by atoms with Crippen molar-refractivity contribution in [3.63, 3.8) is 0 Å². The standard InChI is InChI=1S/C30H23BrClN3O4/c1-18-6-4-10-22(12-18)33-27(36)16-35-29(37)26(34-30(35)38)15-19-13-24(31)28(25(32)14-19)39-17-21-9-5-8-20-7-2-3-11-23(20)21/h2-15H,16-17H2,1H3,(H,33,36)(H,34,38)/b26-15+. The van der Waals surface area contributed by atoms with Crippen LogP contribution in [0.25, 0.3) is 16.8 Å². The topological polar surface area (TPSA) is 87.7 Å². The number of aryl methyl sites for hydroxylation is 1. The van der Waals surface area contributed by atoms with Gasteiger partial charge in [-0.25, -0.2) is 9.69 Å². The maximum Gasteiger partial charge on any atom is 0.329 e. The first-order chi connectivity index (χ1) is 18.8. The van der Waals surface area contributed by atoms with Crippen molar-refractivity contribution in [1.82, 2.24) is 10.2 Å². The van der Waals surface area contributed by atoms with Crippen molar-refractivity contribution in [1.29, 1.82) is 0 Å². The molecule has 39 heavy (non-hydrogen) atoms. The zero-order valence-electron chi connectivity index (χ0n) is 20.8. The van der Waals surface area contributed by atoms with Crippen LogP contribution in [0.2, 0.25) is 5.02 Å². The molecule has 2 N–H and O–H groups in total. The number of carbonyl (C=O) groups is 3. The lowest BCUT2D eigenvalue weighted by Gasteiger charge is -2.13. The van der Waals surface area contributed by atoms with Crippen molar-refractivity contribution in [3.8, 4) is 5.75 Å². The van der Waals surface area contributed by atoms with Gasteiger partial charge in [-0.05, 0) is 80.7 Å². The van der Waals surface area contributed by atoms with Crippen LogP contribution in [0.15, 0.2) is 89.0 Å². The maximum absolute atomic E-state index is 12.9. The van der Waals surface area contributed by atoms with E-state index >= 15 is 0 Å². The summed E-state index contributed by atoms with van der Waals surface area (Å²) in [5.74, 6) is -0.630. The number of halogens is 2. The second-order valence-electron chi connectivity index (χ2n) is 9.04. The van der Waals surface area contributed by atoms with Gasteiger partial charge in [-0.1, -0.05) is 66.2 Å². The van der Waals surface area contributed by atoms with Crippen LogP contribution in [0, 0.1) is 6.92 Å². The van der Waals surface area contributed by atoms with Crippen LogP contribution in [0.3, 0.4) is 0 Å². The Morgan fingerprint density at radius 2 is 1.82 bits per heavy atom. The molecule has 0 atom stereocenters. The van der Waals surface area contributed by atoms with Crippen molar-refractivity contribution in [2.24, 2.45) is 0 Å². The van der Waals surface area contributed by atoms with Gasteiger partial charge in [-0.3, -0.25) is 9.59 Å². The molecule has 7 nitrogen and oxygen atoms in total. The minimum absolute atomic E-state index is 0.0377. The molecule has 1 fully saturated rings. The summed E-state index contributed by atoms with van der Waals surface area (Å²) in [5, 5.41) is 7.78. The van der Waals surface area contributed by atoms with Gasteiger partial charge >= 0.3 is 6.03 Å². The quantitative estimate of drug-likeness (QED) is 0.182. The molecular weight excluding hydrogens is 582 g/mol. The van der Waals surface area contributed by atoms with Gasteiger partial charge in [0.05, 0.1) is 9.50 Å². The van der Waals surface area contributed by atoms with Crippen LogP contribution in [0.1, 0.15) is 16.7 Å². The molecule has 0 unspecified atom stereocenters. The Balaban J connectivity index is 1.28. The predicted molar refractivity (Wildman–Crippen MR) is 155 cm³/mol. The Labute approximate surface area is 238 Å². The van der Waals surface area contributed by atoms with E-state index in [9.17, 15) is 14.4 Å². The molecule has 0 aromatic heterocycles. The molecule has 0 aliphatic carbocycles. The summed E-state index contributed by atoms with van der Waals surface area (Å²) in [4.78, 5) is 38.7. The fourth-order valence-corrected chi connectivity index (χ4v) is 5.31. The second kappa shape index (κ2) is 11.3. The van der Waals surface area contributed by atoms with E-state index in [0.29, 0.717) is 33.1 Å². The third kappa shape index (κ3) is 5.97. The third-order valence-corrected chi connectivity index (χ3v) is 7.02. The Kier molecular flexibility index (Phi) is 7.67. The van der Waals surface area contributed by atoms with Crippen molar-refractivity contribution in [2.45, 2.75) is 13.5 Å². The van der Waals surface area contributed by atoms with Crippen molar-refractivity contribution >= 4 is 67.9 Å². The number of rotatable bonds is 7. The van der Waals surface area contributed by atoms with E-state index in [1.54, 1.807) is 24.3 Å². The fourth-order valence-electron chi connectivity index (χ4n) is 4.32. The number of nitrogens with one attached hydrogen (secondary N) is 2. The summed E-state index contributed by atoms with van der Waals surface area (Å²) >= 11 is 10.0. The van der Waals surface area contributed by atoms with Gasteiger partial charge in [0, 0.05) is 5.69 Å². The van der Waals surface area contributed by atoms with Gasteiger partial charge in [0.15, 0.2) is 5.75 Å². The molecular formula is C30H23BrClN3O4. The van der Waals surface area contributed by atoms with E-state index in [1.165, 1.54) is 6.08 Å². The number of benzene rings is 4. The van der Waals surface area contributed by atoms with E-state index in [4.69, 9.17) is 16.3 Å². The normalized spacial score (nSPS) is 14.1. The number of ether oxygens (including phenoxy) is 1. The lowest BCUT2D eigenvalue weighted by molar-refractivity contribution is -0.127. The van der Waals surface area contributed by atoms with Gasteiger partial charge in [0.25, 0.3) is 5.91 Å². The van der Waals surface area contributed by atoms with Gasteiger partial charge in [-0.2, -0.15) is 0 Å². The number of nitrogens with zero attached hydrogens (tertiary/aromatic N) is 1. The number of amides is 4. The molecule has 1 aliphatic heterocycles. The summed E-state index contributed by atoms with van der Waals surface area (Å²) < 4.78 is 6.64. The molecule has 0 radical (unpaired) electrons. The van der Waals surface area contributed by atoms with Crippen LogP contribution in [-0.4, -0.2) is 29.3 Å². The highest BCUT2D eigenvalue weighted by molar-refractivity contribution is 9.10. The highest BCUT2D eigenvalue weighted by Gasteiger charge is 2.35. The Hall–Kier alpha value is -4.14. The highest BCUT2D eigenvalue weighted by atomic mass is 79.9. The number of carbonyl (C=O) groups excluding carboxylic acids is 3. The number of hydrogen-bond acceptors (Lipinski definition) is 4. The summed E-state index contributed by atoms with van der Waals surface area (Å²) in [5.41, 5.74) is 3.19. The number of hydrogen-bond donors (Lipinski definition) is 2. The average molecular weight is 605 g/mol. The first-order valence-corrected chi connectivity index (χ1v) is 13.2. The van der Waals surface area contributed by atoms with Crippen LogP contribution in [0.4, 0.5) is 10.5 Å². The highest BCUT2D eigenvalue weighted by Crippen LogP contribution is 2.36. The molecule has 0 spiro atoms. The molecule has 4 aromatic rings. The van der Waals surface area contributed by atoms with E-state index in [0.717, 1.165) is 26.8 Å². The van der Waals surface area contributed by atoms with Gasteiger partial charge in [0.2, 0.25) is 5.91 Å². The third-order valence-electron chi connectivity index (χ3n) is 6.15. The zero-order valence-corrected chi connectivity index (χ0v) is 23.2. The summed E-state index contributed by atoms with van der Waals surface area (Å²) in [6.45, 7) is 1.80. The zero-order chi connectivity index (χ0) is 27.5. The summed E-state index contributed by atoms with van der Waals surface area (Å²) in [7, 11) is 0. The molecule has 1 aliphatic rings. The van der Waals surface area contributed by atoms with E-state index < -0.39 is 24.4 Å². The smallest absolute Gasteiger partial charge is 0.329 e. The molecule has 0 saturated carbocycles. The van der Waals surface area contributed by atoms with E-state index in [1.807, 2.05) is 61.5 Å². The lowest BCUT2D eigenvalue weighted by Crippen LogP contribution is -2.38. The molecule has 9 heteroatoms. The number of fused-ring (bicyclic) bond motifs is 1. The molecule has 4 amide bonds. The molecule has 196 valence electrons. The predicted octanol–water partition coefficient (Wildman–Crippen LogP) is 6.67. The van der Waals surface area contributed by atoms with Crippen molar-refractivity contribution in [2.75, 3.05) is 11.9 Å². The first-order valence-electron chi connectivity index (χ1n) is 12.1. The Morgan fingerprint density at radius 3 is 2.62 bits per heavy atom. The summed E-state index contributed by atoms with van der Waals surface area (Å²) in [6.07, 6.45) is 1.50.